The van der Waals surface area contributed by atoms with Crippen LogP contribution in [0.3, 0.4) is 0 Å². The highest BCUT2D eigenvalue weighted by molar-refractivity contribution is 4.42. The van der Waals surface area contributed by atoms with Crippen LogP contribution < -0.4 is 0 Å². The van der Waals surface area contributed by atoms with E-state index in [1.165, 1.54) is 0 Å². The van der Waals surface area contributed by atoms with Crippen molar-refractivity contribution in [1.82, 2.24) is 0 Å². The highest BCUT2D eigenvalue weighted by Gasteiger charge is 2.34. The maximum Gasteiger partial charge on any atom is 0.380 e. The van der Waals surface area contributed by atoms with E-state index in [-0.39, 0.29) is 4.48 Å². The van der Waals surface area contributed by atoms with Gasteiger partial charge in [0.1, 0.15) is 0 Å². The summed E-state index contributed by atoms with van der Waals surface area (Å²) in [6.45, 7) is 5.54. The van der Waals surface area contributed by atoms with Crippen LogP contribution in [0, 0.1) is 0 Å². The third-order valence-electron chi connectivity index (χ3n) is 2.42. The van der Waals surface area contributed by atoms with Crippen molar-refractivity contribution >= 4 is 0 Å². The predicted octanol–water partition coefficient (Wildman–Crippen LogP) is 3.26. The molecule has 3 heteroatoms. The molecule has 0 aliphatic rings. The Bertz CT molecular complexity index is 109. The van der Waals surface area contributed by atoms with Crippen molar-refractivity contribution in [2.75, 3.05) is 19.6 Å². The van der Waals surface area contributed by atoms with Gasteiger partial charge < -0.3 is 0 Å². The number of hydrogen-bond donors (Lipinski definition) is 0. The minimum absolute atomic E-state index is 0.00347. The standard InChI is InChI=1S/C10H22F2N/c1-4-7-13(8-5-2,9-6-3)10(11)12/h10H,4-9H2,1-3H3/q+1. The lowest BCUT2D eigenvalue weighted by Gasteiger charge is -2.36. The number of quaternary nitrogens is 1. The summed E-state index contributed by atoms with van der Waals surface area (Å²) in [6, 6.07) is 0. The molecule has 80 valence electrons. The molecule has 0 rings (SSSR count). The molecule has 0 N–H and O–H groups in total. The van der Waals surface area contributed by atoms with Crippen LogP contribution in [0.15, 0.2) is 0 Å². The predicted molar refractivity (Wildman–Crippen MR) is 51.7 cm³/mol. The summed E-state index contributed by atoms with van der Waals surface area (Å²) in [5.74, 6) is 0. The van der Waals surface area contributed by atoms with Crippen molar-refractivity contribution in [3.05, 3.63) is 0 Å². The van der Waals surface area contributed by atoms with Gasteiger partial charge in [0.2, 0.25) is 0 Å². The molecule has 13 heavy (non-hydrogen) atoms. The quantitative estimate of drug-likeness (QED) is 0.431. The molecule has 0 atom stereocenters. The van der Waals surface area contributed by atoms with Crippen molar-refractivity contribution in [3.8, 4) is 0 Å². The second kappa shape index (κ2) is 6.30. The third kappa shape index (κ3) is 3.59. The van der Waals surface area contributed by atoms with Gasteiger partial charge in [-0.05, 0) is 19.3 Å². The first-order valence-corrected chi connectivity index (χ1v) is 5.26. The zero-order valence-corrected chi connectivity index (χ0v) is 9.02. The third-order valence-corrected chi connectivity index (χ3v) is 2.42. The largest absolute Gasteiger partial charge is 0.380 e. The lowest BCUT2D eigenvalue weighted by molar-refractivity contribution is -0.979. The monoisotopic (exact) mass is 194 g/mol. The van der Waals surface area contributed by atoms with Crippen LogP contribution in [0.25, 0.3) is 0 Å². The van der Waals surface area contributed by atoms with Crippen LogP contribution in [0.2, 0.25) is 0 Å². The van der Waals surface area contributed by atoms with Gasteiger partial charge in [-0.1, -0.05) is 20.8 Å². The van der Waals surface area contributed by atoms with E-state index >= 15 is 0 Å². The maximum absolute atomic E-state index is 12.9. The summed E-state index contributed by atoms with van der Waals surface area (Å²) in [5, 5.41) is 0. The molecule has 0 saturated carbocycles. The highest BCUT2D eigenvalue weighted by Crippen LogP contribution is 2.19. The van der Waals surface area contributed by atoms with Crippen LogP contribution in [-0.2, 0) is 0 Å². The van der Waals surface area contributed by atoms with Gasteiger partial charge in [0, 0.05) is 0 Å². The van der Waals surface area contributed by atoms with Crippen molar-refractivity contribution in [1.29, 1.82) is 0 Å². The Kier molecular flexibility index (Phi) is 6.21. The van der Waals surface area contributed by atoms with Crippen LogP contribution in [-0.4, -0.2) is 30.7 Å². The van der Waals surface area contributed by atoms with Crippen molar-refractivity contribution < 1.29 is 13.3 Å². The molecule has 0 aliphatic heterocycles. The van der Waals surface area contributed by atoms with Crippen LogP contribution in [0.5, 0.6) is 0 Å². The molecule has 0 aliphatic carbocycles. The van der Waals surface area contributed by atoms with E-state index < -0.39 is 6.55 Å². The summed E-state index contributed by atoms with van der Waals surface area (Å²) >= 11 is 0. The Morgan fingerprint density at radius 1 is 0.846 bits per heavy atom. The zero-order chi connectivity index (χ0) is 10.3. The molecule has 0 unspecified atom stereocenters. The Labute approximate surface area is 80.3 Å². The average molecular weight is 194 g/mol. The molecule has 0 fully saturated rings. The zero-order valence-electron chi connectivity index (χ0n) is 9.02. The lowest BCUT2D eigenvalue weighted by Crippen LogP contribution is -2.53. The SMILES string of the molecule is CCC[N+](CCC)(CCC)C(F)F. The Morgan fingerprint density at radius 3 is 1.31 bits per heavy atom. The summed E-state index contributed by atoms with van der Waals surface area (Å²) < 4.78 is 25.8. The number of rotatable bonds is 7. The van der Waals surface area contributed by atoms with Gasteiger partial charge in [-0.2, -0.15) is 8.78 Å². The number of alkyl halides is 2. The van der Waals surface area contributed by atoms with Gasteiger partial charge in [-0.15, -0.1) is 0 Å². The van der Waals surface area contributed by atoms with E-state index in [0.717, 1.165) is 19.3 Å². The number of hydrogen-bond acceptors (Lipinski definition) is 0. The second-order valence-electron chi connectivity index (χ2n) is 3.67. The van der Waals surface area contributed by atoms with E-state index in [1.807, 2.05) is 20.8 Å². The molecule has 0 aromatic heterocycles. The molecule has 0 aromatic carbocycles. The van der Waals surface area contributed by atoms with E-state index in [1.54, 1.807) is 0 Å². The summed E-state index contributed by atoms with van der Waals surface area (Å²) in [4.78, 5) is 0. The number of halogens is 2. The van der Waals surface area contributed by atoms with Gasteiger partial charge in [0.05, 0.1) is 19.6 Å². The van der Waals surface area contributed by atoms with E-state index in [9.17, 15) is 8.78 Å². The minimum atomic E-state index is -2.21. The molecule has 0 saturated heterocycles. The molecular formula is C10H22F2N+. The topological polar surface area (TPSA) is 0 Å². The fraction of sp³-hybridized carbons (Fsp3) is 1.00. The second-order valence-corrected chi connectivity index (χ2v) is 3.67. The smallest absolute Gasteiger partial charge is 0.266 e. The normalized spacial score (nSPS) is 12.5. The summed E-state index contributed by atoms with van der Waals surface area (Å²) in [7, 11) is 0. The van der Waals surface area contributed by atoms with Crippen molar-refractivity contribution in [2.45, 2.75) is 46.6 Å². The van der Waals surface area contributed by atoms with Crippen LogP contribution in [0.1, 0.15) is 40.0 Å². The van der Waals surface area contributed by atoms with Gasteiger partial charge in [0.15, 0.2) is 0 Å². The number of nitrogens with zero attached hydrogens (tertiary/aromatic N) is 1. The van der Waals surface area contributed by atoms with Gasteiger partial charge in [-0.3, -0.25) is 4.48 Å². The van der Waals surface area contributed by atoms with E-state index in [4.69, 9.17) is 0 Å². The average Bonchev–Trinajstić information content (AvgIpc) is 2.05. The van der Waals surface area contributed by atoms with Crippen LogP contribution in [0.4, 0.5) is 8.78 Å². The first-order chi connectivity index (χ1) is 6.13. The molecule has 0 amide bonds. The molecule has 0 bridgehead atoms. The fourth-order valence-electron chi connectivity index (χ4n) is 1.96. The maximum atomic E-state index is 12.9. The van der Waals surface area contributed by atoms with Gasteiger partial charge >= 0.3 is 6.55 Å². The van der Waals surface area contributed by atoms with Gasteiger partial charge in [-0.25, -0.2) is 0 Å². The first kappa shape index (κ1) is 12.8. The molecule has 0 aromatic rings. The first-order valence-electron chi connectivity index (χ1n) is 5.26. The van der Waals surface area contributed by atoms with E-state index in [2.05, 4.69) is 0 Å². The van der Waals surface area contributed by atoms with Crippen LogP contribution >= 0.6 is 0 Å². The Morgan fingerprint density at radius 2 is 1.15 bits per heavy atom. The molecule has 1 nitrogen and oxygen atoms in total. The Balaban J connectivity index is 4.38. The lowest BCUT2D eigenvalue weighted by atomic mass is 10.2. The molecular weight excluding hydrogens is 172 g/mol. The van der Waals surface area contributed by atoms with E-state index in [0.29, 0.717) is 19.6 Å². The minimum Gasteiger partial charge on any atom is -0.266 e. The molecule has 0 heterocycles. The fourth-order valence-corrected chi connectivity index (χ4v) is 1.96. The summed E-state index contributed by atoms with van der Waals surface area (Å²) in [6.07, 6.45) is 2.51. The highest BCUT2D eigenvalue weighted by atomic mass is 19.3. The summed E-state index contributed by atoms with van der Waals surface area (Å²) in [5.41, 5.74) is 0. The molecule has 0 spiro atoms. The van der Waals surface area contributed by atoms with Crippen molar-refractivity contribution in [2.24, 2.45) is 0 Å². The molecule has 0 radical (unpaired) electrons. The van der Waals surface area contributed by atoms with Crippen molar-refractivity contribution in [3.63, 3.8) is 0 Å². The Hall–Kier alpha value is -0.180. The van der Waals surface area contributed by atoms with Gasteiger partial charge in [0.25, 0.3) is 0 Å².